The fourth-order valence-corrected chi connectivity index (χ4v) is 6.97. The summed E-state index contributed by atoms with van der Waals surface area (Å²) in [6.45, 7) is 19.5. The standard InChI is InChI=1S/C22H36O2/c1-17(2)11-9-13-19(5,6)21-15(17)16-18(3,4)12-10-14-20(7,8)22(16,21)24-23-21/h9-14H2,1-8H3. The molecule has 3 fully saturated rings. The molecule has 4 rings (SSSR count). The molecular formula is C22H36O2. The summed E-state index contributed by atoms with van der Waals surface area (Å²) < 4.78 is 0. The van der Waals surface area contributed by atoms with Crippen LogP contribution in [-0.4, -0.2) is 11.2 Å². The lowest BCUT2D eigenvalue weighted by atomic mass is 9.38. The molecule has 2 nitrogen and oxygen atoms in total. The van der Waals surface area contributed by atoms with Crippen molar-refractivity contribution in [3.63, 3.8) is 0 Å². The highest BCUT2D eigenvalue weighted by Gasteiger charge is 2.87. The Morgan fingerprint density at radius 2 is 0.875 bits per heavy atom. The summed E-state index contributed by atoms with van der Waals surface area (Å²) in [7, 11) is 0. The van der Waals surface area contributed by atoms with Gasteiger partial charge in [0, 0.05) is 10.8 Å². The summed E-state index contributed by atoms with van der Waals surface area (Å²) in [6, 6.07) is 0. The van der Waals surface area contributed by atoms with Crippen LogP contribution in [0.25, 0.3) is 0 Å². The molecule has 0 amide bonds. The molecule has 2 saturated carbocycles. The zero-order valence-corrected chi connectivity index (χ0v) is 17.1. The molecule has 136 valence electrons. The highest BCUT2D eigenvalue weighted by Crippen LogP contribution is 2.80. The molecule has 2 unspecified atom stereocenters. The van der Waals surface area contributed by atoms with E-state index in [-0.39, 0.29) is 32.9 Å². The van der Waals surface area contributed by atoms with Crippen molar-refractivity contribution in [3.8, 4) is 0 Å². The molecule has 4 aliphatic rings. The maximum atomic E-state index is 6.24. The van der Waals surface area contributed by atoms with Crippen molar-refractivity contribution in [1.29, 1.82) is 0 Å². The third-order valence-electron chi connectivity index (χ3n) is 8.21. The summed E-state index contributed by atoms with van der Waals surface area (Å²) in [4.78, 5) is 12.5. The Labute approximate surface area is 148 Å². The van der Waals surface area contributed by atoms with E-state index in [4.69, 9.17) is 9.78 Å². The van der Waals surface area contributed by atoms with E-state index >= 15 is 0 Å². The molecule has 0 aromatic carbocycles. The minimum atomic E-state index is -0.222. The van der Waals surface area contributed by atoms with Crippen LogP contribution in [0, 0.1) is 21.7 Å². The first kappa shape index (κ1) is 17.1. The third-order valence-corrected chi connectivity index (χ3v) is 8.21. The largest absolute Gasteiger partial charge is 0.220 e. The molecule has 24 heavy (non-hydrogen) atoms. The van der Waals surface area contributed by atoms with Crippen LogP contribution in [-0.2, 0) is 9.78 Å². The van der Waals surface area contributed by atoms with Crippen LogP contribution in [0.2, 0.25) is 0 Å². The van der Waals surface area contributed by atoms with Gasteiger partial charge in [0.15, 0.2) is 11.2 Å². The smallest absolute Gasteiger partial charge is 0.167 e. The second-order valence-corrected chi connectivity index (χ2v) is 11.5. The van der Waals surface area contributed by atoms with Crippen molar-refractivity contribution in [2.24, 2.45) is 21.7 Å². The maximum absolute atomic E-state index is 6.24. The van der Waals surface area contributed by atoms with Gasteiger partial charge in [0.2, 0.25) is 0 Å². The second kappa shape index (κ2) is 4.31. The zero-order valence-electron chi connectivity index (χ0n) is 17.1. The molecule has 0 radical (unpaired) electrons. The van der Waals surface area contributed by atoms with Gasteiger partial charge in [-0.1, -0.05) is 68.2 Å². The van der Waals surface area contributed by atoms with Crippen LogP contribution >= 0.6 is 0 Å². The van der Waals surface area contributed by atoms with Crippen molar-refractivity contribution in [2.75, 3.05) is 0 Å². The number of rotatable bonds is 0. The molecule has 3 aliphatic carbocycles. The summed E-state index contributed by atoms with van der Waals surface area (Å²) in [5.74, 6) is 0. The van der Waals surface area contributed by atoms with E-state index in [0.717, 1.165) is 0 Å². The van der Waals surface area contributed by atoms with Gasteiger partial charge in [0.25, 0.3) is 0 Å². The first-order chi connectivity index (χ1) is 10.9. The van der Waals surface area contributed by atoms with Crippen LogP contribution in [0.3, 0.4) is 0 Å². The average molecular weight is 333 g/mol. The molecule has 1 heterocycles. The normalized spacial score (nSPS) is 44.0. The monoisotopic (exact) mass is 332 g/mol. The predicted octanol–water partition coefficient (Wildman–Crippen LogP) is 6.21. The Balaban J connectivity index is 2.08. The van der Waals surface area contributed by atoms with Crippen molar-refractivity contribution in [3.05, 3.63) is 11.1 Å². The molecule has 0 aromatic rings. The summed E-state index contributed by atoms with van der Waals surface area (Å²) in [5, 5.41) is 0. The maximum Gasteiger partial charge on any atom is 0.167 e. The van der Waals surface area contributed by atoms with Crippen molar-refractivity contribution in [2.45, 2.75) is 105 Å². The van der Waals surface area contributed by atoms with Gasteiger partial charge in [-0.3, -0.25) is 0 Å². The van der Waals surface area contributed by atoms with Crippen LogP contribution in [0.5, 0.6) is 0 Å². The second-order valence-electron chi connectivity index (χ2n) is 11.5. The lowest BCUT2D eigenvalue weighted by molar-refractivity contribution is -0.588. The molecule has 0 bridgehead atoms. The Bertz CT molecular complexity index is 568. The summed E-state index contributed by atoms with van der Waals surface area (Å²) >= 11 is 0. The lowest BCUT2D eigenvalue weighted by Crippen LogP contribution is -2.86. The Morgan fingerprint density at radius 3 is 1.17 bits per heavy atom. The van der Waals surface area contributed by atoms with E-state index < -0.39 is 0 Å². The quantitative estimate of drug-likeness (QED) is 0.388. The van der Waals surface area contributed by atoms with Crippen LogP contribution in [0.15, 0.2) is 11.1 Å². The molecule has 2 heteroatoms. The molecule has 0 N–H and O–H groups in total. The van der Waals surface area contributed by atoms with E-state index in [2.05, 4.69) is 55.4 Å². The zero-order chi connectivity index (χ0) is 17.8. The minimum absolute atomic E-state index is 0.121. The first-order valence-electron chi connectivity index (χ1n) is 9.99. The fraction of sp³-hybridized carbons (Fsp3) is 0.909. The molecule has 1 aliphatic heterocycles. The van der Waals surface area contributed by atoms with Gasteiger partial charge in [-0.15, -0.1) is 0 Å². The Morgan fingerprint density at radius 1 is 0.542 bits per heavy atom. The van der Waals surface area contributed by atoms with Gasteiger partial charge in [0.05, 0.1) is 0 Å². The average Bonchev–Trinajstić information content (AvgIpc) is 2.50. The van der Waals surface area contributed by atoms with E-state index in [9.17, 15) is 0 Å². The van der Waals surface area contributed by atoms with Crippen LogP contribution in [0.1, 0.15) is 93.9 Å². The molecule has 2 atom stereocenters. The van der Waals surface area contributed by atoms with Gasteiger partial charge < -0.3 is 0 Å². The molecular weight excluding hydrogens is 296 g/mol. The van der Waals surface area contributed by atoms with Crippen LogP contribution < -0.4 is 0 Å². The van der Waals surface area contributed by atoms with Crippen molar-refractivity contribution in [1.82, 2.24) is 0 Å². The van der Waals surface area contributed by atoms with Crippen molar-refractivity contribution < 1.29 is 9.78 Å². The van der Waals surface area contributed by atoms with E-state index in [1.165, 1.54) is 38.5 Å². The fourth-order valence-electron chi connectivity index (χ4n) is 6.97. The van der Waals surface area contributed by atoms with E-state index in [1.807, 2.05) is 0 Å². The number of hydrogen-bond acceptors (Lipinski definition) is 2. The molecule has 1 saturated heterocycles. The van der Waals surface area contributed by atoms with Crippen molar-refractivity contribution >= 4 is 0 Å². The third kappa shape index (κ3) is 1.53. The minimum Gasteiger partial charge on any atom is -0.220 e. The van der Waals surface area contributed by atoms with Gasteiger partial charge in [0.1, 0.15) is 0 Å². The predicted molar refractivity (Wildman–Crippen MR) is 97.5 cm³/mol. The topological polar surface area (TPSA) is 18.5 Å². The van der Waals surface area contributed by atoms with Gasteiger partial charge >= 0.3 is 0 Å². The van der Waals surface area contributed by atoms with Gasteiger partial charge in [-0.25, -0.2) is 9.78 Å². The highest BCUT2D eigenvalue weighted by molar-refractivity contribution is 5.61. The Hall–Kier alpha value is -0.340. The van der Waals surface area contributed by atoms with E-state index in [0.29, 0.717) is 0 Å². The molecule has 2 spiro atoms. The number of hydrogen-bond donors (Lipinski definition) is 0. The summed E-state index contributed by atoms with van der Waals surface area (Å²) in [5.41, 5.74) is 3.40. The van der Waals surface area contributed by atoms with E-state index in [1.54, 1.807) is 11.1 Å². The SMILES string of the molecule is CC1(C)CCCC(C)(C)C23OOC24C(=C13)C(C)(C)CCCC4(C)C. The van der Waals surface area contributed by atoms with Gasteiger partial charge in [-0.05, 0) is 47.7 Å². The Kier molecular flexibility index (Phi) is 3.07. The lowest BCUT2D eigenvalue weighted by Gasteiger charge is -2.77. The van der Waals surface area contributed by atoms with Crippen LogP contribution in [0.4, 0.5) is 0 Å². The summed E-state index contributed by atoms with van der Waals surface area (Å²) in [6.07, 6.45) is 7.50. The molecule has 0 aromatic heterocycles. The van der Waals surface area contributed by atoms with Gasteiger partial charge in [-0.2, -0.15) is 0 Å². The highest BCUT2D eigenvalue weighted by atomic mass is 17.3. The first-order valence-corrected chi connectivity index (χ1v) is 9.99.